The van der Waals surface area contributed by atoms with Crippen LogP contribution < -0.4 is 10.2 Å². The molecule has 6 rings (SSSR count). The van der Waals surface area contributed by atoms with E-state index in [4.69, 9.17) is 9.97 Å². The number of nitrogens with one attached hydrogen (secondary N) is 1. The summed E-state index contributed by atoms with van der Waals surface area (Å²) in [5.74, 6) is 0.568. The molecule has 1 amide bonds. The Kier molecular flexibility index (Phi) is 6.75. The number of amides is 1. The number of halogens is 1. The lowest BCUT2D eigenvalue weighted by Gasteiger charge is -2.36. The molecule has 0 saturated carbocycles. The summed E-state index contributed by atoms with van der Waals surface area (Å²) in [5.41, 5.74) is 5.44. The lowest BCUT2D eigenvalue weighted by atomic mass is 10.1. The van der Waals surface area contributed by atoms with Crippen LogP contribution in [0.1, 0.15) is 10.4 Å². The third-order valence-electron chi connectivity index (χ3n) is 6.78. The van der Waals surface area contributed by atoms with E-state index in [-0.39, 0.29) is 5.91 Å². The summed E-state index contributed by atoms with van der Waals surface area (Å²) < 4.78 is 0.980. The van der Waals surface area contributed by atoms with Crippen molar-refractivity contribution >= 4 is 50.1 Å². The highest BCUT2D eigenvalue weighted by Gasteiger charge is 2.22. The number of hydrogen-bond donors (Lipinski definition) is 1. The predicted molar refractivity (Wildman–Crippen MR) is 157 cm³/mol. The van der Waals surface area contributed by atoms with E-state index in [9.17, 15) is 4.79 Å². The number of aromatic nitrogens is 2. The Balaban J connectivity index is 1.18. The first-order valence-electron chi connectivity index (χ1n) is 12.6. The first-order chi connectivity index (χ1) is 18.6. The van der Waals surface area contributed by atoms with Gasteiger partial charge in [0.05, 0.1) is 11.2 Å². The Morgan fingerprint density at radius 1 is 0.763 bits per heavy atom. The zero-order chi connectivity index (χ0) is 25.9. The van der Waals surface area contributed by atoms with Crippen molar-refractivity contribution in [2.75, 3.05) is 36.4 Å². The Labute approximate surface area is 230 Å². The fraction of sp³-hybridized carbons (Fsp3) is 0.129. The van der Waals surface area contributed by atoms with Gasteiger partial charge in [-0.15, -0.1) is 0 Å². The maximum atomic E-state index is 13.1. The molecule has 1 aliphatic heterocycles. The summed E-state index contributed by atoms with van der Waals surface area (Å²) in [6, 6.07) is 34.0. The lowest BCUT2D eigenvalue weighted by Crippen LogP contribution is -2.48. The van der Waals surface area contributed by atoms with Crippen molar-refractivity contribution in [2.24, 2.45) is 0 Å². The minimum Gasteiger partial charge on any atom is -0.368 e. The van der Waals surface area contributed by atoms with Crippen LogP contribution in [0, 0.1) is 0 Å². The number of nitrogens with zero attached hydrogens (tertiary/aromatic N) is 4. The van der Waals surface area contributed by atoms with Gasteiger partial charge < -0.3 is 15.1 Å². The average molecular weight is 564 g/mol. The van der Waals surface area contributed by atoms with Gasteiger partial charge in [0, 0.05) is 58.5 Å². The van der Waals surface area contributed by atoms with Crippen molar-refractivity contribution < 1.29 is 4.79 Å². The molecule has 1 N–H and O–H groups in total. The Morgan fingerprint density at radius 3 is 2.16 bits per heavy atom. The number of para-hydroxylation sites is 1. The van der Waals surface area contributed by atoms with Crippen LogP contribution in [0.3, 0.4) is 0 Å². The summed E-state index contributed by atoms with van der Waals surface area (Å²) in [6.07, 6.45) is 0. The number of anilines is 3. The maximum absolute atomic E-state index is 13.1. The van der Waals surface area contributed by atoms with E-state index < -0.39 is 0 Å². The van der Waals surface area contributed by atoms with Crippen molar-refractivity contribution in [2.45, 2.75) is 0 Å². The van der Waals surface area contributed by atoms with Crippen LogP contribution in [0.15, 0.2) is 108 Å². The Hall–Kier alpha value is -4.23. The van der Waals surface area contributed by atoms with Gasteiger partial charge in [-0.2, -0.15) is 0 Å². The Morgan fingerprint density at radius 2 is 1.45 bits per heavy atom. The zero-order valence-corrected chi connectivity index (χ0v) is 22.3. The first kappa shape index (κ1) is 24.1. The molecule has 0 spiro atoms. The number of hydrogen-bond acceptors (Lipinski definition) is 5. The van der Waals surface area contributed by atoms with E-state index in [1.54, 1.807) is 0 Å². The summed E-state index contributed by atoms with van der Waals surface area (Å²) >= 11 is 3.57. The van der Waals surface area contributed by atoms with Crippen LogP contribution in [0.5, 0.6) is 0 Å². The van der Waals surface area contributed by atoms with Gasteiger partial charge in [-0.1, -0.05) is 64.5 Å². The zero-order valence-electron chi connectivity index (χ0n) is 20.7. The molecule has 0 unspecified atom stereocenters. The number of piperazine rings is 1. The first-order valence-corrected chi connectivity index (χ1v) is 13.4. The molecule has 1 aliphatic rings. The highest BCUT2D eigenvalue weighted by atomic mass is 79.9. The second-order valence-corrected chi connectivity index (χ2v) is 10.2. The summed E-state index contributed by atoms with van der Waals surface area (Å²) in [7, 11) is 0. The van der Waals surface area contributed by atoms with Gasteiger partial charge in [0.2, 0.25) is 5.95 Å². The molecule has 6 nitrogen and oxygen atoms in total. The molecule has 0 radical (unpaired) electrons. The molecule has 1 saturated heterocycles. The van der Waals surface area contributed by atoms with E-state index in [1.807, 2.05) is 95.9 Å². The molecule has 0 aliphatic carbocycles. The fourth-order valence-electron chi connectivity index (χ4n) is 4.79. The minimum absolute atomic E-state index is 0.0585. The normalized spacial score (nSPS) is 13.5. The van der Waals surface area contributed by atoms with Crippen molar-refractivity contribution in [3.05, 3.63) is 113 Å². The third kappa shape index (κ3) is 5.10. The van der Waals surface area contributed by atoms with Crippen LogP contribution in [0.2, 0.25) is 0 Å². The van der Waals surface area contributed by atoms with Crippen molar-refractivity contribution in [1.82, 2.24) is 14.9 Å². The second kappa shape index (κ2) is 10.6. The molecule has 0 bridgehead atoms. The molecule has 7 heteroatoms. The van der Waals surface area contributed by atoms with Gasteiger partial charge in [0.1, 0.15) is 0 Å². The van der Waals surface area contributed by atoms with Crippen LogP contribution in [0.25, 0.3) is 22.2 Å². The summed E-state index contributed by atoms with van der Waals surface area (Å²) in [5, 5.41) is 4.30. The number of carbonyl (C=O) groups is 1. The number of carbonyl (C=O) groups excluding carboxylic acids is 1. The Bertz CT molecular complexity index is 1570. The van der Waals surface area contributed by atoms with Gasteiger partial charge in [-0.3, -0.25) is 4.79 Å². The van der Waals surface area contributed by atoms with E-state index in [0.717, 1.165) is 45.4 Å². The van der Waals surface area contributed by atoms with Crippen molar-refractivity contribution in [1.29, 1.82) is 0 Å². The largest absolute Gasteiger partial charge is 0.368 e. The topological polar surface area (TPSA) is 61.4 Å². The molecule has 0 atom stereocenters. The van der Waals surface area contributed by atoms with E-state index >= 15 is 0 Å². The predicted octanol–water partition coefficient (Wildman–Crippen LogP) is 6.77. The van der Waals surface area contributed by atoms with Gasteiger partial charge in [-0.25, -0.2) is 9.97 Å². The second-order valence-electron chi connectivity index (χ2n) is 9.24. The standard InChI is InChI=1S/C31H26BrN5O/c32-24-13-16-28-27(21-24)29(22-7-3-1-4-8-22)35-31(34-28)33-25-14-11-23(12-15-25)30(38)37-19-17-36(18-20-37)26-9-5-2-6-10-26/h1-16,21H,17-20H2,(H,33,34,35). The summed E-state index contributed by atoms with van der Waals surface area (Å²) in [6.45, 7) is 3.07. The van der Waals surface area contributed by atoms with Crippen LogP contribution >= 0.6 is 15.9 Å². The minimum atomic E-state index is 0.0585. The van der Waals surface area contributed by atoms with Gasteiger partial charge in [0.15, 0.2) is 0 Å². The van der Waals surface area contributed by atoms with E-state index in [0.29, 0.717) is 24.6 Å². The highest BCUT2D eigenvalue weighted by Crippen LogP contribution is 2.30. The maximum Gasteiger partial charge on any atom is 0.253 e. The molecule has 1 fully saturated rings. The highest BCUT2D eigenvalue weighted by molar-refractivity contribution is 9.10. The quantitative estimate of drug-likeness (QED) is 0.256. The van der Waals surface area contributed by atoms with Gasteiger partial charge in [0.25, 0.3) is 5.91 Å². The van der Waals surface area contributed by atoms with E-state index in [2.05, 4.69) is 38.3 Å². The molecule has 38 heavy (non-hydrogen) atoms. The molecular weight excluding hydrogens is 538 g/mol. The molecule has 1 aromatic heterocycles. The van der Waals surface area contributed by atoms with Gasteiger partial charge >= 0.3 is 0 Å². The smallest absolute Gasteiger partial charge is 0.253 e. The molecular formula is C31H26BrN5O. The third-order valence-corrected chi connectivity index (χ3v) is 7.27. The monoisotopic (exact) mass is 563 g/mol. The number of rotatable bonds is 5. The molecule has 188 valence electrons. The van der Waals surface area contributed by atoms with Crippen molar-refractivity contribution in [3.63, 3.8) is 0 Å². The fourth-order valence-corrected chi connectivity index (χ4v) is 5.15. The average Bonchev–Trinajstić information content (AvgIpc) is 2.98. The number of fused-ring (bicyclic) bond motifs is 1. The van der Waals surface area contributed by atoms with Crippen LogP contribution in [-0.4, -0.2) is 47.0 Å². The number of benzene rings is 4. The van der Waals surface area contributed by atoms with E-state index in [1.165, 1.54) is 5.69 Å². The van der Waals surface area contributed by atoms with Crippen molar-refractivity contribution in [3.8, 4) is 11.3 Å². The van der Waals surface area contributed by atoms with Gasteiger partial charge in [-0.05, 0) is 54.6 Å². The van der Waals surface area contributed by atoms with Crippen LogP contribution in [-0.2, 0) is 0 Å². The molecule has 5 aromatic rings. The SMILES string of the molecule is O=C(c1ccc(Nc2nc(-c3ccccc3)c3cc(Br)ccc3n2)cc1)N1CCN(c2ccccc2)CC1. The lowest BCUT2D eigenvalue weighted by molar-refractivity contribution is 0.0747. The van der Waals surface area contributed by atoms with Crippen LogP contribution in [0.4, 0.5) is 17.3 Å². The molecule has 4 aromatic carbocycles. The molecule has 2 heterocycles. The summed E-state index contributed by atoms with van der Waals surface area (Å²) in [4.78, 5) is 27.0.